The maximum Gasteiger partial charge on any atom is 0.248 e. The van der Waals surface area contributed by atoms with Crippen LogP contribution in [0.1, 0.15) is 23.6 Å². The third kappa shape index (κ3) is 5.48. The summed E-state index contributed by atoms with van der Waals surface area (Å²) in [6.07, 6.45) is 1.09. The van der Waals surface area contributed by atoms with Gasteiger partial charge >= 0.3 is 0 Å². The van der Waals surface area contributed by atoms with Gasteiger partial charge in [0.05, 0.1) is 11.9 Å². The number of nitrogens with one attached hydrogen (secondary N) is 1. The van der Waals surface area contributed by atoms with Gasteiger partial charge in [0.25, 0.3) is 0 Å². The molecule has 0 aliphatic heterocycles. The van der Waals surface area contributed by atoms with Crippen molar-refractivity contribution >= 4 is 27.3 Å². The summed E-state index contributed by atoms with van der Waals surface area (Å²) in [6.45, 7) is 7.40. The Balaban J connectivity index is 1.84. The summed E-state index contributed by atoms with van der Waals surface area (Å²) in [6, 6.07) is 18.9. The molecule has 7 heteroatoms. The standard InChI is InChI=1S/C25H28N2O4S/c1-17-15-18(2)24(19(3)16-17)26-25(28)20(4)27(32(5,29)30)21-11-13-23(14-12-21)31-22-9-7-6-8-10-22/h6-16,20H,1-5H3,(H,26,28). The van der Waals surface area contributed by atoms with Crippen LogP contribution in [0.3, 0.4) is 0 Å². The van der Waals surface area contributed by atoms with Crippen molar-refractivity contribution in [1.82, 2.24) is 0 Å². The van der Waals surface area contributed by atoms with E-state index in [4.69, 9.17) is 4.74 Å². The van der Waals surface area contributed by atoms with Crippen LogP contribution < -0.4 is 14.4 Å². The van der Waals surface area contributed by atoms with E-state index < -0.39 is 22.0 Å². The quantitative estimate of drug-likeness (QED) is 0.535. The molecular weight excluding hydrogens is 424 g/mol. The number of benzene rings is 3. The molecule has 6 nitrogen and oxygen atoms in total. The fraction of sp³-hybridized carbons (Fsp3) is 0.240. The molecule has 1 unspecified atom stereocenters. The van der Waals surface area contributed by atoms with Crippen molar-refractivity contribution in [3.63, 3.8) is 0 Å². The van der Waals surface area contributed by atoms with Crippen LogP contribution in [0.25, 0.3) is 0 Å². The van der Waals surface area contributed by atoms with Gasteiger partial charge in [0.1, 0.15) is 17.5 Å². The molecule has 0 heterocycles. The van der Waals surface area contributed by atoms with Crippen LogP contribution in [0.2, 0.25) is 0 Å². The van der Waals surface area contributed by atoms with Crippen molar-refractivity contribution in [2.75, 3.05) is 15.9 Å². The molecule has 32 heavy (non-hydrogen) atoms. The number of ether oxygens (including phenoxy) is 1. The van der Waals surface area contributed by atoms with E-state index in [9.17, 15) is 13.2 Å². The predicted molar refractivity (Wildman–Crippen MR) is 129 cm³/mol. The molecule has 0 aliphatic rings. The van der Waals surface area contributed by atoms with Gasteiger partial charge in [0, 0.05) is 5.69 Å². The van der Waals surface area contributed by atoms with E-state index in [1.165, 1.54) is 0 Å². The minimum Gasteiger partial charge on any atom is -0.457 e. The molecule has 1 amide bonds. The first-order chi connectivity index (χ1) is 15.1. The molecule has 3 rings (SSSR count). The van der Waals surface area contributed by atoms with Crippen LogP contribution in [0.15, 0.2) is 66.7 Å². The van der Waals surface area contributed by atoms with Gasteiger partial charge in [-0.15, -0.1) is 0 Å². The number of carbonyl (C=O) groups is 1. The first-order valence-corrected chi connectivity index (χ1v) is 12.1. The maximum atomic E-state index is 13.0. The van der Waals surface area contributed by atoms with Crippen LogP contribution in [-0.2, 0) is 14.8 Å². The summed E-state index contributed by atoms with van der Waals surface area (Å²) in [5.41, 5.74) is 4.04. The lowest BCUT2D eigenvalue weighted by molar-refractivity contribution is -0.116. The highest BCUT2D eigenvalue weighted by Crippen LogP contribution is 2.28. The molecule has 0 spiro atoms. The second kappa shape index (κ2) is 9.44. The average molecular weight is 453 g/mol. The zero-order chi connectivity index (χ0) is 23.5. The molecule has 0 saturated heterocycles. The summed E-state index contributed by atoms with van der Waals surface area (Å²) in [4.78, 5) is 13.0. The summed E-state index contributed by atoms with van der Waals surface area (Å²) < 4.78 is 32.1. The van der Waals surface area contributed by atoms with Gasteiger partial charge < -0.3 is 10.1 Å². The lowest BCUT2D eigenvalue weighted by atomic mass is 10.0. The first-order valence-electron chi connectivity index (χ1n) is 10.3. The number of hydrogen-bond acceptors (Lipinski definition) is 4. The summed E-state index contributed by atoms with van der Waals surface area (Å²) >= 11 is 0. The van der Waals surface area contributed by atoms with Gasteiger partial charge in [-0.25, -0.2) is 8.42 Å². The van der Waals surface area contributed by atoms with E-state index in [1.54, 1.807) is 31.2 Å². The zero-order valence-electron chi connectivity index (χ0n) is 18.9. The van der Waals surface area contributed by atoms with Crippen molar-refractivity contribution in [3.8, 4) is 11.5 Å². The molecule has 0 saturated carbocycles. The molecule has 0 radical (unpaired) electrons. The number of carbonyl (C=O) groups excluding carboxylic acids is 1. The lowest BCUT2D eigenvalue weighted by Gasteiger charge is -2.28. The lowest BCUT2D eigenvalue weighted by Crippen LogP contribution is -2.45. The van der Waals surface area contributed by atoms with E-state index in [-0.39, 0.29) is 0 Å². The number of anilines is 2. The fourth-order valence-corrected chi connectivity index (χ4v) is 4.87. The molecule has 3 aromatic carbocycles. The van der Waals surface area contributed by atoms with Crippen LogP contribution in [0, 0.1) is 20.8 Å². The molecule has 0 bridgehead atoms. The number of hydrogen-bond donors (Lipinski definition) is 1. The Morgan fingerprint density at radius 1 is 0.906 bits per heavy atom. The summed E-state index contributed by atoms with van der Waals surface area (Å²) in [7, 11) is -3.72. The third-order valence-electron chi connectivity index (χ3n) is 5.08. The number of aryl methyl sites for hydroxylation is 3. The zero-order valence-corrected chi connectivity index (χ0v) is 19.7. The highest BCUT2D eigenvalue weighted by Gasteiger charge is 2.29. The topological polar surface area (TPSA) is 75.7 Å². The van der Waals surface area contributed by atoms with E-state index >= 15 is 0 Å². The second-order valence-electron chi connectivity index (χ2n) is 7.91. The fourth-order valence-electron chi connectivity index (χ4n) is 3.70. The van der Waals surface area contributed by atoms with Crippen molar-refractivity contribution in [3.05, 3.63) is 83.4 Å². The van der Waals surface area contributed by atoms with Gasteiger partial charge in [0.2, 0.25) is 15.9 Å². The Labute approximate surface area is 189 Å². The van der Waals surface area contributed by atoms with Gasteiger partial charge in [-0.05, 0) is 75.2 Å². The molecule has 0 fully saturated rings. The average Bonchev–Trinajstić information content (AvgIpc) is 2.71. The Morgan fingerprint density at radius 2 is 1.44 bits per heavy atom. The molecule has 168 valence electrons. The smallest absolute Gasteiger partial charge is 0.248 e. The normalized spacial score (nSPS) is 12.2. The van der Waals surface area contributed by atoms with E-state index in [0.717, 1.165) is 27.3 Å². The highest BCUT2D eigenvalue weighted by molar-refractivity contribution is 7.92. The van der Waals surface area contributed by atoms with Crippen LogP contribution in [-0.4, -0.2) is 26.6 Å². The monoisotopic (exact) mass is 452 g/mol. The van der Waals surface area contributed by atoms with Crippen molar-refractivity contribution in [2.24, 2.45) is 0 Å². The number of nitrogens with zero attached hydrogens (tertiary/aromatic N) is 1. The Bertz CT molecular complexity index is 1180. The maximum absolute atomic E-state index is 13.0. The second-order valence-corrected chi connectivity index (χ2v) is 9.77. The molecule has 0 aliphatic carbocycles. The molecule has 0 aromatic heterocycles. The number of para-hydroxylation sites is 1. The molecule has 3 aromatic rings. The summed E-state index contributed by atoms with van der Waals surface area (Å²) in [5, 5.41) is 2.90. The SMILES string of the molecule is Cc1cc(C)c(NC(=O)C(C)N(c2ccc(Oc3ccccc3)cc2)S(C)(=O)=O)c(C)c1. The Hall–Kier alpha value is -3.32. The van der Waals surface area contributed by atoms with Gasteiger partial charge in [-0.1, -0.05) is 35.9 Å². The minimum atomic E-state index is -3.72. The van der Waals surface area contributed by atoms with E-state index in [1.807, 2.05) is 63.2 Å². The van der Waals surface area contributed by atoms with Crippen molar-refractivity contribution in [2.45, 2.75) is 33.7 Å². The Morgan fingerprint density at radius 3 is 1.97 bits per heavy atom. The Kier molecular flexibility index (Phi) is 6.89. The number of rotatable bonds is 7. The summed E-state index contributed by atoms with van der Waals surface area (Å²) in [5.74, 6) is 0.836. The number of sulfonamides is 1. The van der Waals surface area contributed by atoms with E-state index in [0.29, 0.717) is 22.9 Å². The predicted octanol–water partition coefficient (Wildman–Crippen LogP) is 5.20. The van der Waals surface area contributed by atoms with Crippen LogP contribution >= 0.6 is 0 Å². The van der Waals surface area contributed by atoms with Crippen LogP contribution in [0.4, 0.5) is 11.4 Å². The first kappa shape index (κ1) is 23.3. The van der Waals surface area contributed by atoms with Gasteiger partial charge in [0.15, 0.2) is 0 Å². The highest BCUT2D eigenvalue weighted by atomic mass is 32.2. The largest absolute Gasteiger partial charge is 0.457 e. The molecular formula is C25H28N2O4S. The van der Waals surface area contributed by atoms with Crippen molar-refractivity contribution < 1.29 is 17.9 Å². The van der Waals surface area contributed by atoms with E-state index in [2.05, 4.69) is 5.32 Å². The molecule has 1 atom stereocenters. The van der Waals surface area contributed by atoms with Crippen molar-refractivity contribution in [1.29, 1.82) is 0 Å². The van der Waals surface area contributed by atoms with Crippen LogP contribution in [0.5, 0.6) is 11.5 Å². The van der Waals surface area contributed by atoms with Gasteiger partial charge in [-0.3, -0.25) is 9.10 Å². The minimum absolute atomic E-state index is 0.382. The van der Waals surface area contributed by atoms with Gasteiger partial charge in [-0.2, -0.15) is 0 Å². The third-order valence-corrected chi connectivity index (χ3v) is 6.33. The molecule has 1 N–H and O–H groups in total. The number of amides is 1.